The number of amides is 1. The Morgan fingerprint density at radius 2 is 0.725 bits per heavy atom. The Labute approximate surface area is 498 Å². The van der Waals surface area contributed by atoms with Crippen LogP contribution >= 0.6 is 7.82 Å². The summed E-state index contributed by atoms with van der Waals surface area (Å²) in [4.78, 5) is 23.4. The van der Waals surface area contributed by atoms with Crippen molar-refractivity contribution in [3.8, 4) is 0 Å². The molecule has 470 valence electrons. The molecule has 9 heteroatoms. The quantitative estimate of drug-likeness (QED) is 0.0243. The number of hydrogen-bond donors (Lipinski definition) is 3. The second kappa shape index (κ2) is 61.8. The number of carbonyl (C=O) groups is 1. The summed E-state index contributed by atoms with van der Waals surface area (Å²) in [5.74, 6) is -0.181. The minimum atomic E-state index is -4.36. The van der Waals surface area contributed by atoms with Gasteiger partial charge in [-0.25, -0.2) is 4.57 Å². The number of carbonyl (C=O) groups excluding carboxylic acids is 1. The summed E-state index contributed by atoms with van der Waals surface area (Å²) in [5, 5.41) is 14.0. The second-order valence-electron chi connectivity index (χ2n) is 24.9. The molecule has 0 radical (unpaired) electrons. The van der Waals surface area contributed by atoms with Crippen LogP contribution in [0.2, 0.25) is 0 Å². The number of aliphatic hydroxyl groups is 1. The molecule has 80 heavy (non-hydrogen) atoms. The number of allylic oxidation sites excluding steroid dienone is 9. The molecule has 3 unspecified atom stereocenters. The lowest BCUT2D eigenvalue weighted by atomic mass is 10.0. The van der Waals surface area contributed by atoms with Crippen LogP contribution in [-0.2, 0) is 18.4 Å². The number of rotatable bonds is 64. The Balaban J connectivity index is 4.01. The number of nitrogens with zero attached hydrogens (tertiary/aromatic N) is 1. The number of quaternary nitrogens is 1. The predicted molar refractivity (Wildman–Crippen MR) is 350 cm³/mol. The van der Waals surface area contributed by atoms with Crippen LogP contribution in [0.4, 0.5) is 0 Å². The number of likely N-dealkylation sites (N-methyl/N-ethyl adjacent to an activating group) is 1. The van der Waals surface area contributed by atoms with E-state index in [4.69, 9.17) is 9.05 Å². The molecule has 0 bridgehead atoms. The maximum atomic E-state index is 13.0. The molecule has 8 nitrogen and oxygen atoms in total. The highest BCUT2D eigenvalue weighted by Gasteiger charge is 2.28. The molecular weight excluding hydrogens is 1010 g/mol. The van der Waals surface area contributed by atoms with E-state index in [0.717, 1.165) is 51.4 Å². The van der Waals surface area contributed by atoms with Gasteiger partial charge in [0.25, 0.3) is 0 Å². The fraction of sp³-hybridized carbons (Fsp3) is 0.845. The zero-order valence-electron chi connectivity index (χ0n) is 53.8. The highest BCUT2D eigenvalue weighted by atomic mass is 31.2. The number of hydrogen-bond acceptors (Lipinski definition) is 5. The molecule has 0 saturated carbocycles. The molecule has 1 amide bonds. The van der Waals surface area contributed by atoms with Gasteiger partial charge in [-0.3, -0.25) is 13.8 Å². The molecule has 0 aliphatic rings. The van der Waals surface area contributed by atoms with Gasteiger partial charge in [-0.1, -0.05) is 319 Å². The Bertz CT molecular complexity index is 1490. The summed E-state index contributed by atoms with van der Waals surface area (Å²) in [5.41, 5.74) is 0. The van der Waals surface area contributed by atoms with E-state index in [1.165, 1.54) is 263 Å². The molecule has 3 N–H and O–H groups in total. The molecular formula is C71H136N2O6P+. The van der Waals surface area contributed by atoms with E-state index >= 15 is 0 Å². The van der Waals surface area contributed by atoms with Crippen LogP contribution in [0.1, 0.15) is 335 Å². The van der Waals surface area contributed by atoms with E-state index in [1.54, 1.807) is 6.08 Å². The van der Waals surface area contributed by atoms with E-state index in [-0.39, 0.29) is 19.1 Å². The van der Waals surface area contributed by atoms with Crippen LogP contribution in [0.25, 0.3) is 0 Å². The minimum absolute atomic E-state index is 0.0567. The van der Waals surface area contributed by atoms with E-state index in [0.29, 0.717) is 17.4 Å². The molecule has 0 fully saturated rings. The van der Waals surface area contributed by atoms with Gasteiger partial charge in [0.1, 0.15) is 13.2 Å². The molecule has 0 saturated heterocycles. The van der Waals surface area contributed by atoms with Crippen LogP contribution in [0, 0.1) is 0 Å². The smallest absolute Gasteiger partial charge is 0.387 e. The maximum Gasteiger partial charge on any atom is 0.472 e. The molecule has 0 spiro atoms. The second-order valence-corrected chi connectivity index (χ2v) is 26.4. The average Bonchev–Trinajstić information content (AvgIpc) is 3.42. The van der Waals surface area contributed by atoms with Gasteiger partial charge in [-0.15, -0.1) is 0 Å². The van der Waals surface area contributed by atoms with Gasteiger partial charge in [0.05, 0.1) is 39.9 Å². The summed E-state index contributed by atoms with van der Waals surface area (Å²) < 4.78 is 23.8. The van der Waals surface area contributed by atoms with Gasteiger partial charge in [-0.05, 0) is 70.6 Å². The van der Waals surface area contributed by atoms with Crippen LogP contribution in [0.5, 0.6) is 0 Å². The van der Waals surface area contributed by atoms with Gasteiger partial charge >= 0.3 is 7.82 Å². The molecule has 0 heterocycles. The van der Waals surface area contributed by atoms with Gasteiger partial charge in [0.15, 0.2) is 0 Å². The molecule has 0 aromatic carbocycles. The van der Waals surface area contributed by atoms with Crippen molar-refractivity contribution in [1.82, 2.24) is 5.32 Å². The van der Waals surface area contributed by atoms with E-state index in [2.05, 4.69) is 67.8 Å². The minimum Gasteiger partial charge on any atom is -0.387 e. The van der Waals surface area contributed by atoms with Crippen molar-refractivity contribution >= 4 is 13.7 Å². The molecule has 0 aromatic rings. The van der Waals surface area contributed by atoms with Crippen molar-refractivity contribution in [2.24, 2.45) is 0 Å². The number of unbranched alkanes of at least 4 members (excludes halogenated alkanes) is 43. The Hall–Kier alpha value is -1.80. The van der Waals surface area contributed by atoms with Crippen LogP contribution < -0.4 is 5.32 Å². The van der Waals surface area contributed by atoms with Crippen molar-refractivity contribution in [3.63, 3.8) is 0 Å². The highest BCUT2D eigenvalue weighted by molar-refractivity contribution is 7.47. The lowest BCUT2D eigenvalue weighted by Gasteiger charge is -2.25. The van der Waals surface area contributed by atoms with Crippen LogP contribution in [0.15, 0.2) is 60.8 Å². The van der Waals surface area contributed by atoms with E-state index in [9.17, 15) is 19.4 Å². The molecule has 0 aliphatic carbocycles. The molecule has 0 aromatic heterocycles. The summed E-state index contributed by atoms with van der Waals surface area (Å²) in [6, 6.07) is -0.864. The summed E-state index contributed by atoms with van der Waals surface area (Å²) in [6.07, 6.45) is 85.2. The maximum absolute atomic E-state index is 13.0. The summed E-state index contributed by atoms with van der Waals surface area (Å²) in [6.45, 7) is 4.82. The number of nitrogens with one attached hydrogen (secondary N) is 1. The third-order valence-electron chi connectivity index (χ3n) is 15.7. The van der Waals surface area contributed by atoms with Crippen LogP contribution in [0.3, 0.4) is 0 Å². The van der Waals surface area contributed by atoms with Gasteiger partial charge in [0, 0.05) is 6.42 Å². The first-order valence-electron chi connectivity index (χ1n) is 34.7. The fourth-order valence-corrected chi connectivity index (χ4v) is 11.0. The first kappa shape index (κ1) is 78.2. The first-order valence-corrected chi connectivity index (χ1v) is 36.2. The topological polar surface area (TPSA) is 105 Å². The zero-order chi connectivity index (χ0) is 58.4. The van der Waals surface area contributed by atoms with Gasteiger partial charge < -0.3 is 19.8 Å². The zero-order valence-corrected chi connectivity index (χ0v) is 54.7. The lowest BCUT2D eigenvalue weighted by Crippen LogP contribution is -2.45. The summed E-state index contributed by atoms with van der Waals surface area (Å²) >= 11 is 0. The number of aliphatic hydroxyl groups excluding tert-OH is 1. The Kier molecular flexibility index (Phi) is 60.4. The number of phosphoric acid groups is 1. The van der Waals surface area contributed by atoms with Gasteiger partial charge in [-0.2, -0.15) is 0 Å². The van der Waals surface area contributed by atoms with Crippen molar-refractivity contribution in [2.45, 2.75) is 347 Å². The fourth-order valence-electron chi connectivity index (χ4n) is 10.3. The molecule has 3 atom stereocenters. The lowest BCUT2D eigenvalue weighted by molar-refractivity contribution is -0.870. The van der Waals surface area contributed by atoms with Crippen molar-refractivity contribution < 1.29 is 32.9 Å². The van der Waals surface area contributed by atoms with Crippen molar-refractivity contribution in [3.05, 3.63) is 60.8 Å². The highest BCUT2D eigenvalue weighted by Crippen LogP contribution is 2.43. The standard InChI is InChI=1S/C71H135N2O6P/c1-6-8-10-12-14-16-18-20-22-24-26-28-29-30-31-32-33-34-35-36-37-38-39-40-41-42-43-45-47-49-51-53-55-57-59-61-63-65-71(75)72-69(68-79-80(76,77)78-67-66-73(3,4)5)70(74)64-62-60-58-56-54-52-50-48-46-44-27-25-23-21-19-17-15-13-11-9-7-2/h18,20,24,26,29-30,54,56,62,64,69-70,74H,6-17,19,21-23,25,27-28,31-53,55,57-61,63,65-68H2,1-5H3,(H-,72,75,76,77)/p+1/b20-18-,26-24-,30-29-,56-54+,64-62+. The third-order valence-corrected chi connectivity index (χ3v) is 16.7. The third kappa shape index (κ3) is 63.8. The SMILES string of the molecule is CCCCCCC/C=C\C/C=C\C/C=C\CCCCCCCCCCCCCCCCCCCCCCCCC(=O)NC(COP(=O)(O)OCC[N+](C)(C)C)C(O)/C=C/CC/C=C/CCCCCCCCCCCCCCCCC. The van der Waals surface area contributed by atoms with Crippen molar-refractivity contribution in [1.29, 1.82) is 0 Å². The Morgan fingerprint density at radius 3 is 1.09 bits per heavy atom. The molecule has 0 rings (SSSR count). The van der Waals surface area contributed by atoms with Gasteiger partial charge in [0.2, 0.25) is 5.91 Å². The van der Waals surface area contributed by atoms with Crippen LogP contribution in [-0.4, -0.2) is 73.4 Å². The van der Waals surface area contributed by atoms with Crippen molar-refractivity contribution in [2.75, 3.05) is 40.9 Å². The number of phosphoric ester groups is 1. The summed E-state index contributed by atoms with van der Waals surface area (Å²) in [7, 11) is 1.57. The van der Waals surface area contributed by atoms with E-state index < -0.39 is 20.0 Å². The largest absolute Gasteiger partial charge is 0.472 e. The first-order chi connectivity index (χ1) is 39.0. The van der Waals surface area contributed by atoms with E-state index in [1.807, 2.05) is 27.2 Å². The predicted octanol–water partition coefficient (Wildman–Crippen LogP) is 22.0. The average molecular weight is 1140 g/mol. The molecule has 0 aliphatic heterocycles. The Morgan fingerprint density at radius 1 is 0.425 bits per heavy atom. The monoisotopic (exact) mass is 1140 g/mol. The normalized spacial score (nSPS) is 14.0.